The van der Waals surface area contributed by atoms with Crippen molar-refractivity contribution in [3.05, 3.63) is 102 Å². The summed E-state index contributed by atoms with van der Waals surface area (Å²) in [6.45, 7) is 0. The maximum Gasteiger partial charge on any atom is 0.313 e. The van der Waals surface area contributed by atoms with Gasteiger partial charge in [-0.05, 0) is 31.0 Å². The number of rotatable bonds is 7. The molecule has 0 atom stereocenters. The van der Waals surface area contributed by atoms with Gasteiger partial charge in [0.05, 0.1) is 27.0 Å². The van der Waals surface area contributed by atoms with E-state index >= 15 is 0 Å². The average Bonchev–Trinajstić information content (AvgIpc) is 2.94. The number of ether oxygens (including phenoxy) is 1. The van der Waals surface area contributed by atoms with E-state index in [9.17, 15) is 25.0 Å². The van der Waals surface area contributed by atoms with Gasteiger partial charge < -0.3 is 4.74 Å². The summed E-state index contributed by atoms with van der Waals surface area (Å²) < 4.78 is 6.93. The number of pyridine rings is 1. The van der Waals surface area contributed by atoms with Crippen LogP contribution in [0.1, 0.15) is 49.4 Å². The van der Waals surface area contributed by atoms with Crippen LogP contribution in [-0.2, 0) is 0 Å². The molecule has 0 aliphatic heterocycles. The number of benzene rings is 2. The summed E-state index contributed by atoms with van der Waals surface area (Å²) in [5, 5.41) is 27.6. The zero-order valence-corrected chi connectivity index (χ0v) is 21.2. The first-order valence-electron chi connectivity index (χ1n) is 12.1. The molecule has 1 aliphatic rings. The van der Waals surface area contributed by atoms with E-state index in [0.717, 1.165) is 50.4 Å². The van der Waals surface area contributed by atoms with Crippen LogP contribution in [0.5, 0.6) is 11.6 Å². The van der Waals surface area contributed by atoms with Crippen LogP contribution >= 0.6 is 11.6 Å². The molecule has 0 spiro atoms. The molecule has 1 saturated carbocycles. The van der Waals surface area contributed by atoms with Crippen LogP contribution in [0.25, 0.3) is 10.9 Å². The topological polar surface area (TPSA) is 156 Å². The van der Waals surface area contributed by atoms with Crippen molar-refractivity contribution < 1.29 is 14.6 Å². The Balaban J connectivity index is 1.62. The first-order chi connectivity index (χ1) is 18.8. The fourth-order valence-electron chi connectivity index (χ4n) is 4.59. The highest BCUT2D eigenvalue weighted by atomic mass is 35.5. The molecule has 198 valence electrons. The Labute approximate surface area is 225 Å². The van der Waals surface area contributed by atoms with E-state index in [1.807, 2.05) is 6.07 Å². The molecule has 0 saturated heterocycles. The number of para-hydroxylation sites is 1. The smallest absolute Gasteiger partial charge is 0.313 e. The molecule has 39 heavy (non-hydrogen) atoms. The zero-order chi connectivity index (χ0) is 27.5. The third-order valence-corrected chi connectivity index (χ3v) is 6.68. The fraction of sp³-hybridized carbons (Fsp3) is 0.231. The number of aromatic nitrogens is 3. The molecule has 1 aliphatic carbocycles. The number of halogens is 1. The molecule has 0 bridgehead atoms. The first-order valence-corrected chi connectivity index (χ1v) is 12.5. The molecule has 0 N–H and O–H groups in total. The van der Waals surface area contributed by atoms with Crippen LogP contribution in [0.3, 0.4) is 0 Å². The van der Waals surface area contributed by atoms with Crippen LogP contribution in [0.2, 0.25) is 5.02 Å². The van der Waals surface area contributed by atoms with Gasteiger partial charge in [0.2, 0.25) is 11.6 Å². The van der Waals surface area contributed by atoms with Gasteiger partial charge in [0.15, 0.2) is 0 Å². The minimum Gasteiger partial charge on any atom is -0.431 e. The van der Waals surface area contributed by atoms with Crippen molar-refractivity contribution in [2.24, 2.45) is 5.10 Å². The molecule has 0 amide bonds. The van der Waals surface area contributed by atoms with Crippen LogP contribution in [0, 0.1) is 20.2 Å². The number of nitro groups is 2. The third kappa shape index (κ3) is 5.46. The minimum atomic E-state index is -0.679. The maximum atomic E-state index is 13.5. The van der Waals surface area contributed by atoms with E-state index < -0.39 is 15.5 Å². The Hall–Kier alpha value is -4.71. The van der Waals surface area contributed by atoms with Crippen molar-refractivity contribution in [1.82, 2.24) is 14.6 Å². The standard InChI is InChI=1S/C26H21ClN6O6/c27-18-12-17(24(22(13-18)33(37)38)39-23-11-10-19(15-28-23)32(35)36)14-29-31-25(16-6-2-1-3-7-16)30-21-9-5-4-8-20(21)26(31)34/h4-5,8-16H,1-3,6-7H2. The molecule has 4 aromatic rings. The van der Waals surface area contributed by atoms with E-state index in [0.29, 0.717) is 16.7 Å². The van der Waals surface area contributed by atoms with Gasteiger partial charge in [0, 0.05) is 34.7 Å². The predicted octanol–water partition coefficient (Wildman–Crippen LogP) is 5.98. The second-order valence-electron chi connectivity index (χ2n) is 9.00. The summed E-state index contributed by atoms with van der Waals surface area (Å²) in [6, 6.07) is 11.9. The first kappa shape index (κ1) is 25.9. The van der Waals surface area contributed by atoms with E-state index in [4.69, 9.17) is 21.3 Å². The van der Waals surface area contributed by atoms with Crippen molar-refractivity contribution in [1.29, 1.82) is 0 Å². The average molecular weight is 549 g/mol. The van der Waals surface area contributed by atoms with Gasteiger partial charge in [-0.3, -0.25) is 25.0 Å². The lowest BCUT2D eigenvalue weighted by Gasteiger charge is -2.22. The number of nitro benzene ring substituents is 1. The molecule has 12 nitrogen and oxygen atoms in total. The normalized spacial score (nSPS) is 14.1. The predicted molar refractivity (Wildman–Crippen MR) is 144 cm³/mol. The summed E-state index contributed by atoms with van der Waals surface area (Å²) in [4.78, 5) is 43.6. The molecule has 2 aromatic heterocycles. The maximum absolute atomic E-state index is 13.5. The van der Waals surface area contributed by atoms with Gasteiger partial charge in [-0.25, -0.2) is 9.97 Å². The minimum absolute atomic E-state index is 0.0296. The Bertz CT molecular complexity index is 1660. The summed E-state index contributed by atoms with van der Waals surface area (Å²) in [6.07, 6.45) is 7.09. The Morgan fingerprint density at radius 1 is 1.05 bits per heavy atom. The lowest BCUT2D eigenvalue weighted by Crippen LogP contribution is -2.25. The highest BCUT2D eigenvalue weighted by Crippen LogP contribution is 2.37. The zero-order valence-electron chi connectivity index (χ0n) is 20.4. The van der Waals surface area contributed by atoms with Crippen LogP contribution in [0.4, 0.5) is 11.4 Å². The van der Waals surface area contributed by atoms with E-state index in [1.54, 1.807) is 18.2 Å². The van der Waals surface area contributed by atoms with Gasteiger partial charge in [0.1, 0.15) is 12.0 Å². The van der Waals surface area contributed by atoms with Gasteiger partial charge >= 0.3 is 5.69 Å². The summed E-state index contributed by atoms with van der Waals surface area (Å²) in [5.41, 5.74) is -0.438. The quantitative estimate of drug-likeness (QED) is 0.155. The van der Waals surface area contributed by atoms with Gasteiger partial charge in [-0.15, -0.1) is 0 Å². The number of fused-ring (bicyclic) bond motifs is 1. The highest BCUT2D eigenvalue weighted by molar-refractivity contribution is 6.31. The Morgan fingerprint density at radius 2 is 1.82 bits per heavy atom. The molecule has 5 rings (SSSR count). The molecule has 1 fully saturated rings. The second kappa shape index (κ2) is 11.0. The summed E-state index contributed by atoms with van der Waals surface area (Å²) >= 11 is 6.18. The van der Waals surface area contributed by atoms with E-state index in [-0.39, 0.29) is 39.4 Å². The summed E-state index contributed by atoms with van der Waals surface area (Å²) in [5.74, 6) is 0.191. The van der Waals surface area contributed by atoms with Crippen molar-refractivity contribution in [2.75, 3.05) is 0 Å². The number of hydrogen-bond acceptors (Lipinski definition) is 9. The van der Waals surface area contributed by atoms with Gasteiger partial charge in [0.25, 0.3) is 11.2 Å². The highest BCUT2D eigenvalue weighted by Gasteiger charge is 2.24. The Kier molecular flexibility index (Phi) is 7.28. The van der Waals surface area contributed by atoms with Crippen LogP contribution in [-0.4, -0.2) is 30.7 Å². The lowest BCUT2D eigenvalue weighted by atomic mass is 9.88. The SMILES string of the molecule is O=c1c2ccccc2nc(C2CCCCC2)n1N=Cc1cc(Cl)cc([N+](=O)[O-])c1Oc1ccc([N+](=O)[O-])cn1. The molecule has 0 unspecified atom stereocenters. The molecule has 2 aromatic carbocycles. The van der Waals surface area contributed by atoms with E-state index in [1.165, 1.54) is 23.0 Å². The number of nitrogens with zero attached hydrogens (tertiary/aromatic N) is 6. The summed E-state index contributed by atoms with van der Waals surface area (Å²) in [7, 11) is 0. The molecule has 2 heterocycles. The number of hydrogen-bond donors (Lipinski definition) is 0. The van der Waals surface area contributed by atoms with Crippen LogP contribution < -0.4 is 10.3 Å². The second-order valence-corrected chi connectivity index (χ2v) is 9.43. The lowest BCUT2D eigenvalue weighted by molar-refractivity contribution is -0.385. The molecular formula is C26H21ClN6O6. The van der Waals surface area contributed by atoms with Gasteiger partial charge in [-0.1, -0.05) is 43.0 Å². The Morgan fingerprint density at radius 3 is 2.51 bits per heavy atom. The molecule has 13 heteroatoms. The molecular weight excluding hydrogens is 528 g/mol. The largest absolute Gasteiger partial charge is 0.431 e. The van der Waals surface area contributed by atoms with Crippen LogP contribution in [0.15, 0.2) is 64.6 Å². The van der Waals surface area contributed by atoms with Crippen molar-refractivity contribution in [3.8, 4) is 11.6 Å². The monoisotopic (exact) mass is 548 g/mol. The van der Waals surface area contributed by atoms with Crippen molar-refractivity contribution in [2.45, 2.75) is 38.0 Å². The fourth-order valence-corrected chi connectivity index (χ4v) is 4.81. The van der Waals surface area contributed by atoms with Crippen molar-refractivity contribution >= 4 is 40.1 Å². The van der Waals surface area contributed by atoms with Gasteiger partial charge in [-0.2, -0.15) is 9.78 Å². The van der Waals surface area contributed by atoms with E-state index in [2.05, 4.69) is 10.1 Å². The van der Waals surface area contributed by atoms with Crippen molar-refractivity contribution in [3.63, 3.8) is 0 Å². The molecule has 0 radical (unpaired) electrons. The third-order valence-electron chi connectivity index (χ3n) is 6.46.